The second-order valence-corrected chi connectivity index (χ2v) is 5.06. The van der Waals surface area contributed by atoms with E-state index in [1.54, 1.807) is 0 Å². The molecule has 20 heavy (non-hydrogen) atoms. The zero-order valence-corrected chi connectivity index (χ0v) is 12.0. The van der Waals surface area contributed by atoms with E-state index in [1.165, 1.54) is 19.2 Å². The van der Waals surface area contributed by atoms with Crippen LogP contribution in [0.15, 0.2) is 12.1 Å². The lowest BCUT2D eigenvalue weighted by Gasteiger charge is -2.21. The number of carbonyl (C=O) groups excluding carboxylic acids is 2. The number of pyridine rings is 1. The highest BCUT2D eigenvalue weighted by atomic mass is 35.5. The summed E-state index contributed by atoms with van der Waals surface area (Å²) in [5.74, 6) is -1.24. The van der Waals surface area contributed by atoms with Crippen molar-refractivity contribution in [2.24, 2.45) is 0 Å². The first kappa shape index (κ1) is 15.0. The Labute approximate surface area is 124 Å². The van der Waals surface area contributed by atoms with Gasteiger partial charge in [-0.3, -0.25) is 4.79 Å². The lowest BCUT2D eigenvalue weighted by atomic mass is 10.2. The molecule has 2 atom stereocenters. The smallest absolute Gasteiger partial charge is 0.328 e. The average Bonchev–Trinajstić information content (AvgIpc) is 2.82. The molecule has 2 heterocycles. The minimum atomic E-state index is -1.27. The lowest BCUT2D eigenvalue weighted by Crippen LogP contribution is -2.41. The number of nitrogens with zero attached hydrogens (tertiary/aromatic N) is 2. The van der Waals surface area contributed by atoms with E-state index in [4.69, 9.17) is 23.2 Å². The largest absolute Gasteiger partial charge is 0.467 e. The summed E-state index contributed by atoms with van der Waals surface area (Å²) in [4.78, 5) is 28.8. The molecule has 1 fully saturated rings. The number of methoxy groups -OCH3 is 1. The molecule has 1 aliphatic heterocycles. The molecule has 1 aromatic heterocycles. The second kappa shape index (κ2) is 5.93. The summed E-state index contributed by atoms with van der Waals surface area (Å²) in [6, 6.07) is 1.84. The Kier molecular flexibility index (Phi) is 4.45. The summed E-state index contributed by atoms with van der Waals surface area (Å²) in [6.45, 7) is -0.180. The minimum Gasteiger partial charge on any atom is -0.467 e. The molecule has 0 aromatic carbocycles. The van der Waals surface area contributed by atoms with E-state index in [2.05, 4.69) is 9.72 Å². The van der Waals surface area contributed by atoms with Crippen LogP contribution in [0.5, 0.6) is 0 Å². The highest BCUT2D eigenvalue weighted by Crippen LogP contribution is 2.25. The SMILES string of the molecule is COC(=O)[C@@H]1C[C@@H](F)CN1C(=O)c1ccc(Cl)c(Cl)n1. The summed E-state index contributed by atoms with van der Waals surface area (Å²) >= 11 is 11.5. The Morgan fingerprint density at radius 3 is 2.75 bits per heavy atom. The number of esters is 1. The van der Waals surface area contributed by atoms with Gasteiger partial charge in [-0.25, -0.2) is 14.2 Å². The second-order valence-electron chi connectivity index (χ2n) is 4.30. The number of alkyl halides is 1. The number of aromatic nitrogens is 1. The Morgan fingerprint density at radius 2 is 2.15 bits per heavy atom. The van der Waals surface area contributed by atoms with Gasteiger partial charge >= 0.3 is 5.97 Å². The number of rotatable bonds is 2. The third-order valence-electron chi connectivity index (χ3n) is 3.01. The molecule has 0 bridgehead atoms. The molecular weight excluding hydrogens is 310 g/mol. The molecule has 108 valence electrons. The zero-order chi connectivity index (χ0) is 14.9. The van der Waals surface area contributed by atoms with Crippen molar-refractivity contribution in [1.29, 1.82) is 0 Å². The molecule has 0 aliphatic carbocycles. The highest BCUT2D eigenvalue weighted by Gasteiger charge is 2.41. The summed E-state index contributed by atoms with van der Waals surface area (Å²) in [5, 5.41) is 0.181. The van der Waals surface area contributed by atoms with E-state index in [9.17, 15) is 14.0 Å². The first-order valence-corrected chi connectivity index (χ1v) is 6.54. The summed E-state index contributed by atoms with van der Waals surface area (Å²) in [6.07, 6.45) is -1.36. The van der Waals surface area contributed by atoms with Crippen molar-refractivity contribution in [3.8, 4) is 0 Å². The van der Waals surface area contributed by atoms with E-state index in [1.807, 2.05) is 0 Å². The predicted octanol–water partition coefficient (Wildman–Crippen LogP) is 2.11. The minimum absolute atomic E-state index is 0.00223. The maximum Gasteiger partial charge on any atom is 0.328 e. The Hall–Kier alpha value is -1.40. The fourth-order valence-corrected chi connectivity index (χ4v) is 2.31. The fraction of sp³-hybridized carbons (Fsp3) is 0.417. The first-order valence-electron chi connectivity index (χ1n) is 5.79. The van der Waals surface area contributed by atoms with Crippen LogP contribution in [0.3, 0.4) is 0 Å². The third-order valence-corrected chi connectivity index (χ3v) is 3.70. The van der Waals surface area contributed by atoms with Gasteiger partial charge in [-0.05, 0) is 12.1 Å². The van der Waals surface area contributed by atoms with Gasteiger partial charge in [-0.15, -0.1) is 0 Å². The number of likely N-dealkylation sites (tertiary alicyclic amines) is 1. The van der Waals surface area contributed by atoms with Crippen molar-refractivity contribution in [2.75, 3.05) is 13.7 Å². The topological polar surface area (TPSA) is 59.5 Å². The number of carbonyl (C=O) groups is 2. The summed E-state index contributed by atoms with van der Waals surface area (Å²) < 4.78 is 18.0. The highest BCUT2D eigenvalue weighted by molar-refractivity contribution is 6.41. The summed E-state index contributed by atoms with van der Waals surface area (Å²) in [5.41, 5.74) is 0.00223. The number of hydrogen-bond donors (Lipinski definition) is 0. The van der Waals surface area contributed by atoms with Gasteiger partial charge in [0.15, 0.2) is 0 Å². The molecule has 0 unspecified atom stereocenters. The number of halogens is 3. The number of amides is 1. The Bertz CT molecular complexity index is 556. The molecule has 8 heteroatoms. The van der Waals surface area contributed by atoms with Crippen molar-refractivity contribution in [3.63, 3.8) is 0 Å². The zero-order valence-electron chi connectivity index (χ0n) is 10.5. The van der Waals surface area contributed by atoms with E-state index in [0.29, 0.717) is 0 Å². The predicted molar refractivity (Wildman–Crippen MR) is 70.6 cm³/mol. The van der Waals surface area contributed by atoms with Crippen molar-refractivity contribution in [2.45, 2.75) is 18.6 Å². The van der Waals surface area contributed by atoms with Crippen LogP contribution in [0.1, 0.15) is 16.9 Å². The van der Waals surface area contributed by atoms with Crippen LogP contribution in [-0.2, 0) is 9.53 Å². The van der Waals surface area contributed by atoms with Gasteiger partial charge in [0, 0.05) is 6.42 Å². The van der Waals surface area contributed by atoms with Crippen molar-refractivity contribution < 1.29 is 18.7 Å². The molecule has 1 aromatic rings. The van der Waals surface area contributed by atoms with Gasteiger partial charge in [0.05, 0.1) is 18.7 Å². The van der Waals surface area contributed by atoms with Gasteiger partial charge in [0.2, 0.25) is 0 Å². The molecule has 1 saturated heterocycles. The molecular formula is C12H11Cl2FN2O3. The third kappa shape index (κ3) is 2.86. The monoisotopic (exact) mass is 320 g/mol. The number of hydrogen-bond acceptors (Lipinski definition) is 4. The van der Waals surface area contributed by atoms with Crippen LogP contribution in [0, 0.1) is 0 Å². The number of ether oxygens (including phenoxy) is 1. The molecule has 0 radical (unpaired) electrons. The average molecular weight is 321 g/mol. The fourth-order valence-electron chi connectivity index (χ4n) is 2.05. The van der Waals surface area contributed by atoms with E-state index >= 15 is 0 Å². The van der Waals surface area contributed by atoms with Gasteiger partial charge < -0.3 is 9.64 Å². The van der Waals surface area contributed by atoms with Crippen LogP contribution in [0.25, 0.3) is 0 Å². The van der Waals surface area contributed by atoms with Crippen molar-refractivity contribution >= 4 is 35.1 Å². The van der Waals surface area contributed by atoms with Gasteiger partial charge in [0.1, 0.15) is 23.1 Å². The molecule has 2 rings (SSSR count). The van der Waals surface area contributed by atoms with Crippen LogP contribution >= 0.6 is 23.2 Å². The molecule has 0 spiro atoms. The quantitative estimate of drug-likeness (QED) is 0.618. The maximum absolute atomic E-state index is 13.5. The van der Waals surface area contributed by atoms with Crippen LogP contribution in [0.2, 0.25) is 10.2 Å². The van der Waals surface area contributed by atoms with E-state index < -0.39 is 24.1 Å². The molecule has 1 aliphatic rings. The maximum atomic E-state index is 13.5. The van der Waals surface area contributed by atoms with Gasteiger partial charge in [-0.1, -0.05) is 23.2 Å². The van der Waals surface area contributed by atoms with Crippen LogP contribution in [0.4, 0.5) is 4.39 Å². The van der Waals surface area contributed by atoms with Crippen LogP contribution < -0.4 is 0 Å². The molecule has 0 N–H and O–H groups in total. The standard InChI is InChI=1S/C12H11Cl2FN2O3/c1-20-12(19)9-4-6(15)5-17(9)11(18)8-3-2-7(13)10(14)16-8/h2-3,6,9H,4-5H2,1H3/t6-,9+/m1/s1. The lowest BCUT2D eigenvalue weighted by molar-refractivity contribution is -0.145. The van der Waals surface area contributed by atoms with Crippen molar-refractivity contribution in [1.82, 2.24) is 9.88 Å². The first-order chi connectivity index (χ1) is 9.43. The summed E-state index contributed by atoms with van der Waals surface area (Å²) in [7, 11) is 1.19. The van der Waals surface area contributed by atoms with Gasteiger partial charge in [0.25, 0.3) is 5.91 Å². The normalized spacial score (nSPS) is 21.9. The molecule has 1 amide bonds. The van der Waals surface area contributed by atoms with Crippen LogP contribution in [-0.4, -0.2) is 47.6 Å². The van der Waals surface area contributed by atoms with E-state index in [-0.39, 0.29) is 28.8 Å². The Morgan fingerprint density at radius 1 is 1.45 bits per heavy atom. The molecule has 0 saturated carbocycles. The van der Waals surface area contributed by atoms with Crippen molar-refractivity contribution in [3.05, 3.63) is 28.0 Å². The Balaban J connectivity index is 2.26. The molecule has 5 nitrogen and oxygen atoms in total. The van der Waals surface area contributed by atoms with Gasteiger partial charge in [-0.2, -0.15) is 0 Å². The van der Waals surface area contributed by atoms with E-state index in [0.717, 1.165) is 4.90 Å².